The summed E-state index contributed by atoms with van der Waals surface area (Å²) < 4.78 is 0. The Morgan fingerprint density at radius 2 is 1.98 bits per heavy atom. The quantitative estimate of drug-likeness (QED) is 0.387. The van der Waals surface area contributed by atoms with Crippen molar-refractivity contribution in [3.05, 3.63) is 53.2 Å². The number of hydrogen-bond donors (Lipinski definition) is 3. The van der Waals surface area contributed by atoms with Crippen LogP contribution in [0.4, 0.5) is 11.5 Å². The van der Waals surface area contributed by atoms with E-state index < -0.39 is 11.9 Å². The van der Waals surface area contributed by atoms with Crippen molar-refractivity contribution in [3.63, 3.8) is 0 Å². The highest BCUT2D eigenvalue weighted by Crippen LogP contribution is 2.33. The van der Waals surface area contributed by atoms with Gasteiger partial charge in [-0.25, -0.2) is 4.98 Å². The number of aromatic nitrogens is 1. The van der Waals surface area contributed by atoms with Gasteiger partial charge in [-0.15, -0.1) is 0 Å². The van der Waals surface area contributed by atoms with Crippen LogP contribution in [0.3, 0.4) is 0 Å². The number of piperidine rings is 2. The first-order chi connectivity index (χ1) is 19.8. The minimum atomic E-state index is -0.904. The largest absolute Gasteiger partial charge is 0.481 e. The molecule has 5 rings (SSSR count). The third kappa shape index (κ3) is 7.79. The van der Waals surface area contributed by atoms with Gasteiger partial charge in [-0.05, 0) is 99.2 Å². The van der Waals surface area contributed by atoms with Crippen LogP contribution in [0.25, 0.3) is 0 Å². The van der Waals surface area contributed by atoms with Gasteiger partial charge in [0.05, 0.1) is 11.8 Å². The zero-order valence-corrected chi connectivity index (χ0v) is 24.8. The lowest BCUT2D eigenvalue weighted by molar-refractivity contribution is -0.138. The van der Waals surface area contributed by atoms with Gasteiger partial charge in [0.25, 0.3) is 0 Å². The smallest absolute Gasteiger partial charge is 0.312 e. The van der Waals surface area contributed by atoms with Crippen LogP contribution in [0.2, 0.25) is 0 Å². The molecule has 0 unspecified atom stereocenters. The number of aliphatic carboxylic acids is 1. The Hall–Kier alpha value is -3.13. The number of aryl methyl sites for hydroxylation is 2. The van der Waals surface area contributed by atoms with E-state index in [0.717, 1.165) is 107 Å². The molecule has 8 heteroatoms. The molecule has 4 heterocycles. The van der Waals surface area contributed by atoms with E-state index in [9.17, 15) is 14.7 Å². The second kappa shape index (κ2) is 13.2. The van der Waals surface area contributed by atoms with E-state index >= 15 is 0 Å². The molecule has 0 spiro atoms. The Morgan fingerprint density at radius 3 is 2.78 bits per heavy atom. The van der Waals surface area contributed by atoms with E-state index in [1.165, 1.54) is 12.0 Å². The van der Waals surface area contributed by atoms with Gasteiger partial charge in [0.15, 0.2) is 0 Å². The molecule has 1 aromatic heterocycles. The molecule has 2 fully saturated rings. The third-order valence-electron chi connectivity index (χ3n) is 9.27. The number of rotatable bonds is 10. The van der Waals surface area contributed by atoms with Crippen molar-refractivity contribution in [1.82, 2.24) is 15.2 Å². The van der Waals surface area contributed by atoms with Gasteiger partial charge in [-0.1, -0.05) is 32.0 Å². The number of likely N-dealkylation sites (tertiary alicyclic amines) is 1. The maximum absolute atomic E-state index is 13.2. The lowest BCUT2D eigenvalue weighted by atomic mass is 9.82. The summed E-state index contributed by atoms with van der Waals surface area (Å²) in [5.41, 5.74) is 4.61. The lowest BCUT2D eigenvalue weighted by Gasteiger charge is -2.38. The highest BCUT2D eigenvalue weighted by atomic mass is 16.4. The number of nitrogens with one attached hydrogen (secondary N) is 2. The molecule has 0 saturated carbocycles. The van der Waals surface area contributed by atoms with Gasteiger partial charge in [0.1, 0.15) is 5.82 Å². The van der Waals surface area contributed by atoms with E-state index in [1.54, 1.807) is 0 Å². The number of nitrogens with zero attached hydrogens (tertiary/aromatic N) is 3. The average molecular weight is 562 g/mol. The molecule has 41 heavy (non-hydrogen) atoms. The minimum absolute atomic E-state index is 0.0298. The Kier molecular flexibility index (Phi) is 9.48. The number of anilines is 2. The fourth-order valence-corrected chi connectivity index (χ4v) is 6.47. The van der Waals surface area contributed by atoms with Crippen molar-refractivity contribution in [3.8, 4) is 0 Å². The van der Waals surface area contributed by atoms with Crippen LogP contribution in [0.1, 0.15) is 75.1 Å². The molecular weight excluding hydrogens is 514 g/mol. The summed E-state index contributed by atoms with van der Waals surface area (Å²) in [6.07, 6.45) is 8.27. The molecule has 1 amide bonds. The standard InChI is InChI=1S/C33H47N5O3/c1-33(2)14-19-38(20-15-33)28-11-3-7-25(21-28)29(32(40)41)22-35-31(39)26-9-5-17-37(23-26)18-6-10-27-13-12-24-8-4-16-34-30(24)36-27/h3,7,11-13,21,26,29H,4-6,8-10,14-20,22-23H2,1-2H3,(H,34,36)(H,35,39)(H,40,41)/t26-,29-/m1/s1. The molecule has 2 atom stereocenters. The van der Waals surface area contributed by atoms with Gasteiger partial charge in [-0.3, -0.25) is 9.59 Å². The van der Waals surface area contributed by atoms with E-state index in [0.29, 0.717) is 5.41 Å². The van der Waals surface area contributed by atoms with Crippen LogP contribution in [0.15, 0.2) is 36.4 Å². The molecule has 1 aromatic carbocycles. The molecule has 3 N–H and O–H groups in total. The first kappa shape index (κ1) is 29.4. The summed E-state index contributed by atoms with van der Waals surface area (Å²) in [4.78, 5) is 34.9. The first-order valence-electron chi connectivity index (χ1n) is 15.6. The molecule has 3 aliphatic heterocycles. The molecule has 0 radical (unpaired) electrons. The fourth-order valence-electron chi connectivity index (χ4n) is 6.47. The van der Waals surface area contributed by atoms with E-state index in [1.807, 2.05) is 18.2 Å². The molecule has 3 aliphatic rings. The third-order valence-corrected chi connectivity index (χ3v) is 9.27. The summed E-state index contributed by atoms with van der Waals surface area (Å²) in [5.74, 6) is -0.757. The number of carboxylic acid groups (broad SMARTS) is 1. The van der Waals surface area contributed by atoms with Gasteiger partial charge in [0.2, 0.25) is 5.91 Å². The molecule has 2 saturated heterocycles. The highest BCUT2D eigenvalue weighted by Gasteiger charge is 2.29. The maximum atomic E-state index is 13.2. The number of benzene rings is 1. The van der Waals surface area contributed by atoms with Crippen molar-refractivity contribution in [1.29, 1.82) is 0 Å². The monoisotopic (exact) mass is 561 g/mol. The van der Waals surface area contributed by atoms with E-state index in [2.05, 4.69) is 52.5 Å². The summed E-state index contributed by atoms with van der Waals surface area (Å²) >= 11 is 0. The molecular formula is C33H47N5O3. The van der Waals surface area contributed by atoms with Crippen LogP contribution in [-0.4, -0.2) is 72.7 Å². The molecule has 0 aliphatic carbocycles. The molecule has 2 aromatic rings. The van der Waals surface area contributed by atoms with E-state index in [4.69, 9.17) is 4.98 Å². The predicted octanol–water partition coefficient (Wildman–Crippen LogP) is 4.70. The average Bonchev–Trinajstić information content (AvgIpc) is 2.97. The Balaban J connectivity index is 1.10. The number of carbonyl (C=O) groups excluding carboxylic acids is 1. The summed E-state index contributed by atoms with van der Waals surface area (Å²) in [6, 6.07) is 12.2. The van der Waals surface area contributed by atoms with Crippen LogP contribution < -0.4 is 15.5 Å². The van der Waals surface area contributed by atoms with Crippen molar-refractivity contribution >= 4 is 23.4 Å². The number of hydrogen-bond acceptors (Lipinski definition) is 6. The summed E-state index contributed by atoms with van der Waals surface area (Å²) in [7, 11) is 0. The number of carboxylic acids is 1. The Labute approximate surface area is 244 Å². The maximum Gasteiger partial charge on any atom is 0.312 e. The highest BCUT2D eigenvalue weighted by molar-refractivity contribution is 5.81. The van der Waals surface area contributed by atoms with E-state index in [-0.39, 0.29) is 18.4 Å². The first-order valence-corrected chi connectivity index (χ1v) is 15.6. The number of pyridine rings is 1. The van der Waals surface area contributed by atoms with Crippen molar-refractivity contribution < 1.29 is 14.7 Å². The fraction of sp³-hybridized carbons (Fsp3) is 0.606. The van der Waals surface area contributed by atoms with Crippen LogP contribution >= 0.6 is 0 Å². The minimum Gasteiger partial charge on any atom is -0.481 e. The zero-order chi connectivity index (χ0) is 28.8. The van der Waals surface area contributed by atoms with Gasteiger partial charge in [0, 0.05) is 44.1 Å². The lowest BCUT2D eigenvalue weighted by Crippen LogP contribution is -2.44. The second-order valence-electron chi connectivity index (χ2n) is 13.0. The van der Waals surface area contributed by atoms with Crippen molar-refractivity contribution in [2.24, 2.45) is 11.3 Å². The Morgan fingerprint density at radius 1 is 1.15 bits per heavy atom. The van der Waals surface area contributed by atoms with Gasteiger partial charge in [-0.2, -0.15) is 0 Å². The zero-order valence-electron chi connectivity index (χ0n) is 24.8. The number of amides is 1. The summed E-state index contributed by atoms with van der Waals surface area (Å²) in [5, 5.41) is 16.4. The van der Waals surface area contributed by atoms with Crippen LogP contribution in [-0.2, 0) is 22.4 Å². The summed E-state index contributed by atoms with van der Waals surface area (Å²) in [6.45, 7) is 10.3. The number of carbonyl (C=O) groups is 2. The molecule has 222 valence electrons. The van der Waals surface area contributed by atoms with Crippen molar-refractivity contribution in [2.45, 2.75) is 71.1 Å². The van der Waals surface area contributed by atoms with Gasteiger partial charge < -0.3 is 25.5 Å². The molecule has 8 nitrogen and oxygen atoms in total. The second-order valence-corrected chi connectivity index (χ2v) is 13.0. The Bertz CT molecular complexity index is 1210. The number of fused-ring (bicyclic) bond motifs is 1. The molecule has 0 bridgehead atoms. The van der Waals surface area contributed by atoms with Crippen LogP contribution in [0, 0.1) is 11.3 Å². The normalized spacial score (nSPS) is 21.4. The van der Waals surface area contributed by atoms with Crippen molar-refractivity contribution in [2.75, 3.05) is 56.0 Å². The predicted molar refractivity (Wildman–Crippen MR) is 164 cm³/mol. The SMILES string of the molecule is CC1(C)CCN(c2cccc([C@@H](CNC(=O)[C@@H]3CCCN(CCCc4ccc5c(n4)NCCC5)C3)C(=O)O)c2)CC1. The van der Waals surface area contributed by atoms with Gasteiger partial charge >= 0.3 is 5.97 Å². The van der Waals surface area contributed by atoms with Crippen LogP contribution in [0.5, 0.6) is 0 Å². The topological polar surface area (TPSA) is 97.8 Å².